The van der Waals surface area contributed by atoms with Gasteiger partial charge in [-0.3, -0.25) is 4.79 Å². The summed E-state index contributed by atoms with van der Waals surface area (Å²) in [5.41, 5.74) is 0.638. The molecule has 0 spiro atoms. The number of anilines is 1. The number of allylic oxidation sites excluding steroid dienone is 2. The number of nitrogens with one attached hydrogen (secondary N) is 1. The lowest BCUT2D eigenvalue weighted by atomic mass is 10.1. The average molecular weight is 359 g/mol. The Hall–Kier alpha value is -3.42. The monoisotopic (exact) mass is 359 g/mol. The van der Waals surface area contributed by atoms with E-state index in [9.17, 15) is 19.2 Å². The number of esters is 3. The second kappa shape index (κ2) is 8.61. The Bertz CT molecular complexity index is 790. The fourth-order valence-corrected chi connectivity index (χ4v) is 1.99. The van der Waals surface area contributed by atoms with Crippen molar-refractivity contribution < 1.29 is 33.4 Å². The molecule has 1 heterocycles. The SMILES string of the molecule is CCOC(=O)COC(=O)c1ccc(NC=C2C(=O)C=C(C)OC2=O)cc1. The zero-order valence-corrected chi connectivity index (χ0v) is 14.2. The smallest absolute Gasteiger partial charge is 0.348 e. The van der Waals surface area contributed by atoms with Crippen molar-refractivity contribution in [2.24, 2.45) is 0 Å². The molecule has 0 aliphatic carbocycles. The topological polar surface area (TPSA) is 108 Å². The van der Waals surface area contributed by atoms with E-state index in [0.717, 1.165) is 0 Å². The first-order chi connectivity index (χ1) is 12.4. The molecule has 0 radical (unpaired) electrons. The molecule has 1 aromatic rings. The van der Waals surface area contributed by atoms with Crippen LogP contribution in [0.5, 0.6) is 0 Å². The zero-order chi connectivity index (χ0) is 19.1. The maximum Gasteiger partial charge on any atom is 0.348 e. The summed E-state index contributed by atoms with van der Waals surface area (Å²) in [5, 5.41) is 2.78. The van der Waals surface area contributed by atoms with Gasteiger partial charge in [-0.25, -0.2) is 14.4 Å². The summed E-state index contributed by atoms with van der Waals surface area (Å²) in [6.45, 7) is 2.91. The highest BCUT2D eigenvalue weighted by Gasteiger charge is 2.24. The molecule has 1 aliphatic heterocycles. The van der Waals surface area contributed by atoms with Gasteiger partial charge in [0.1, 0.15) is 11.3 Å². The van der Waals surface area contributed by atoms with Crippen LogP contribution in [0.25, 0.3) is 0 Å². The Kier molecular flexibility index (Phi) is 6.26. The summed E-state index contributed by atoms with van der Waals surface area (Å²) >= 11 is 0. The predicted octanol–water partition coefficient (Wildman–Crippen LogP) is 1.73. The fourth-order valence-electron chi connectivity index (χ4n) is 1.99. The van der Waals surface area contributed by atoms with Crippen molar-refractivity contribution in [1.82, 2.24) is 0 Å². The van der Waals surface area contributed by atoms with Gasteiger partial charge >= 0.3 is 17.9 Å². The van der Waals surface area contributed by atoms with Crippen molar-refractivity contribution in [1.29, 1.82) is 0 Å². The molecular formula is C18H17NO7. The summed E-state index contributed by atoms with van der Waals surface area (Å²) < 4.78 is 14.3. The minimum atomic E-state index is -0.735. The van der Waals surface area contributed by atoms with Gasteiger partial charge < -0.3 is 19.5 Å². The molecule has 2 rings (SSSR count). The molecule has 1 aliphatic rings. The van der Waals surface area contributed by atoms with Gasteiger partial charge in [-0.1, -0.05) is 0 Å². The lowest BCUT2D eigenvalue weighted by Crippen LogP contribution is -2.20. The van der Waals surface area contributed by atoms with E-state index in [1.54, 1.807) is 19.1 Å². The van der Waals surface area contributed by atoms with E-state index in [-0.39, 0.29) is 23.5 Å². The molecule has 8 heteroatoms. The number of cyclic esters (lactones) is 1. The van der Waals surface area contributed by atoms with Crippen LogP contribution in [-0.2, 0) is 28.6 Å². The van der Waals surface area contributed by atoms with Crippen LogP contribution in [0, 0.1) is 0 Å². The van der Waals surface area contributed by atoms with Crippen molar-refractivity contribution in [2.45, 2.75) is 13.8 Å². The Balaban J connectivity index is 1.96. The minimum Gasteiger partial charge on any atom is -0.463 e. The molecule has 0 aromatic heterocycles. The lowest BCUT2D eigenvalue weighted by Gasteiger charge is -2.12. The van der Waals surface area contributed by atoms with Gasteiger partial charge in [0.25, 0.3) is 0 Å². The third-order valence-electron chi connectivity index (χ3n) is 3.20. The molecule has 0 fully saturated rings. The maximum atomic E-state index is 11.8. The molecule has 136 valence electrons. The van der Waals surface area contributed by atoms with E-state index < -0.39 is 30.3 Å². The Labute approximate surface area is 149 Å². The quantitative estimate of drug-likeness (QED) is 0.354. The number of hydrogen-bond acceptors (Lipinski definition) is 8. The van der Waals surface area contributed by atoms with E-state index in [1.807, 2.05) is 0 Å². The Morgan fingerprint density at radius 1 is 1.15 bits per heavy atom. The molecule has 0 saturated heterocycles. The first-order valence-corrected chi connectivity index (χ1v) is 7.75. The zero-order valence-electron chi connectivity index (χ0n) is 14.2. The van der Waals surface area contributed by atoms with Crippen LogP contribution >= 0.6 is 0 Å². The summed E-state index contributed by atoms with van der Waals surface area (Å²) in [6.07, 6.45) is 2.46. The molecule has 1 N–H and O–H groups in total. The van der Waals surface area contributed by atoms with Gasteiger partial charge in [-0.2, -0.15) is 0 Å². The number of ether oxygens (including phenoxy) is 3. The molecule has 0 bridgehead atoms. The third kappa shape index (κ3) is 5.04. The second-order valence-electron chi connectivity index (χ2n) is 5.17. The molecule has 26 heavy (non-hydrogen) atoms. The van der Waals surface area contributed by atoms with E-state index in [2.05, 4.69) is 10.1 Å². The van der Waals surface area contributed by atoms with Gasteiger partial charge in [-0.15, -0.1) is 0 Å². The van der Waals surface area contributed by atoms with Gasteiger partial charge in [0.2, 0.25) is 0 Å². The van der Waals surface area contributed by atoms with Crippen LogP contribution in [-0.4, -0.2) is 36.9 Å². The summed E-state index contributed by atoms with van der Waals surface area (Å²) in [4.78, 5) is 46.4. The normalized spacial score (nSPS) is 15.2. The number of carbonyl (C=O) groups is 4. The molecular weight excluding hydrogens is 342 g/mol. The molecule has 0 amide bonds. The van der Waals surface area contributed by atoms with Crippen LogP contribution in [0.1, 0.15) is 24.2 Å². The summed E-state index contributed by atoms with van der Waals surface area (Å²) in [5.74, 6) is -2.25. The van der Waals surface area contributed by atoms with Gasteiger partial charge in [0.15, 0.2) is 12.4 Å². The van der Waals surface area contributed by atoms with Crippen LogP contribution in [0.3, 0.4) is 0 Å². The highest BCUT2D eigenvalue weighted by Crippen LogP contribution is 2.15. The highest BCUT2D eigenvalue weighted by molar-refractivity contribution is 6.23. The number of rotatable bonds is 6. The fraction of sp³-hybridized carbons (Fsp3) is 0.222. The van der Waals surface area contributed by atoms with Crippen molar-refractivity contribution >= 4 is 29.4 Å². The molecule has 0 unspecified atom stereocenters. The Morgan fingerprint density at radius 2 is 1.85 bits per heavy atom. The largest absolute Gasteiger partial charge is 0.463 e. The van der Waals surface area contributed by atoms with Crippen molar-refractivity contribution in [3.8, 4) is 0 Å². The van der Waals surface area contributed by atoms with Crippen molar-refractivity contribution in [3.63, 3.8) is 0 Å². The van der Waals surface area contributed by atoms with E-state index in [4.69, 9.17) is 9.47 Å². The molecule has 0 saturated carbocycles. The first-order valence-electron chi connectivity index (χ1n) is 7.75. The first kappa shape index (κ1) is 18.9. The Morgan fingerprint density at radius 3 is 2.46 bits per heavy atom. The minimum absolute atomic E-state index is 0.131. The third-order valence-corrected chi connectivity index (χ3v) is 3.20. The molecule has 0 atom stereocenters. The predicted molar refractivity (Wildman–Crippen MR) is 89.9 cm³/mol. The van der Waals surface area contributed by atoms with Crippen LogP contribution < -0.4 is 5.32 Å². The standard InChI is InChI=1S/C18H17NO7/c1-3-24-16(21)10-25-17(22)12-4-6-13(7-5-12)19-9-14-15(20)8-11(2)26-18(14)23/h4-9,19H,3,10H2,1-2H3. The number of benzene rings is 1. The van der Waals surface area contributed by atoms with E-state index >= 15 is 0 Å². The van der Waals surface area contributed by atoms with Crippen molar-refractivity contribution in [3.05, 3.63) is 53.4 Å². The van der Waals surface area contributed by atoms with Gasteiger partial charge in [0.05, 0.1) is 12.2 Å². The van der Waals surface area contributed by atoms with E-state index in [1.165, 1.54) is 31.3 Å². The molecule has 8 nitrogen and oxygen atoms in total. The van der Waals surface area contributed by atoms with Crippen LogP contribution in [0.2, 0.25) is 0 Å². The lowest BCUT2D eigenvalue weighted by molar-refractivity contribution is -0.146. The van der Waals surface area contributed by atoms with Gasteiger partial charge in [-0.05, 0) is 38.1 Å². The second-order valence-corrected chi connectivity index (χ2v) is 5.17. The number of ketones is 1. The molecule has 1 aromatic carbocycles. The van der Waals surface area contributed by atoms with Gasteiger partial charge in [0, 0.05) is 18.0 Å². The average Bonchev–Trinajstić information content (AvgIpc) is 2.59. The van der Waals surface area contributed by atoms with Crippen LogP contribution in [0.4, 0.5) is 5.69 Å². The number of hydrogen-bond donors (Lipinski definition) is 1. The summed E-state index contributed by atoms with van der Waals surface area (Å²) in [7, 11) is 0. The van der Waals surface area contributed by atoms with Crippen LogP contribution in [0.15, 0.2) is 47.9 Å². The summed E-state index contributed by atoms with van der Waals surface area (Å²) in [6, 6.07) is 6.05. The number of carbonyl (C=O) groups excluding carboxylic acids is 4. The van der Waals surface area contributed by atoms with E-state index in [0.29, 0.717) is 5.69 Å². The highest BCUT2D eigenvalue weighted by atomic mass is 16.6. The maximum absolute atomic E-state index is 11.8. The van der Waals surface area contributed by atoms with Crippen molar-refractivity contribution in [2.75, 3.05) is 18.5 Å².